The molecule has 2 rings (SSSR count). The molecule has 1 N–H and O–H groups in total. The lowest BCUT2D eigenvalue weighted by Gasteiger charge is -2.33. The third kappa shape index (κ3) is 4.71. The van der Waals surface area contributed by atoms with E-state index in [0.717, 1.165) is 13.1 Å². The first kappa shape index (κ1) is 15.8. The van der Waals surface area contributed by atoms with E-state index < -0.39 is 0 Å². The fourth-order valence-electron chi connectivity index (χ4n) is 2.47. The average molecular weight is 285 g/mol. The molecule has 0 aliphatic heterocycles. The highest BCUT2D eigenvalue weighted by atomic mass is 15.1. The molecule has 21 heavy (non-hydrogen) atoms. The van der Waals surface area contributed by atoms with Gasteiger partial charge in [0.1, 0.15) is 0 Å². The van der Waals surface area contributed by atoms with Crippen LogP contribution in [0.5, 0.6) is 0 Å². The Balaban J connectivity index is 1.96. The molecule has 0 saturated heterocycles. The monoisotopic (exact) mass is 285 g/mol. The van der Waals surface area contributed by atoms with Crippen molar-refractivity contribution >= 4 is 0 Å². The largest absolute Gasteiger partial charge is 0.336 e. The lowest BCUT2D eigenvalue weighted by molar-refractivity contribution is 0.239. The summed E-state index contributed by atoms with van der Waals surface area (Å²) < 4.78 is 2.15. The van der Waals surface area contributed by atoms with Gasteiger partial charge in [-0.3, -0.25) is 0 Å². The summed E-state index contributed by atoms with van der Waals surface area (Å²) in [4.78, 5) is 4.14. The second kappa shape index (κ2) is 6.90. The van der Waals surface area contributed by atoms with Gasteiger partial charge in [0.15, 0.2) is 0 Å². The molecule has 0 fully saturated rings. The highest BCUT2D eigenvalue weighted by molar-refractivity contribution is 5.19. The maximum Gasteiger partial charge on any atom is 0.0946 e. The Hall–Kier alpha value is -1.61. The molecule has 0 saturated carbocycles. The third-order valence-electron chi connectivity index (χ3n) is 4.04. The fraction of sp³-hybridized carbons (Fsp3) is 0.500. The van der Waals surface area contributed by atoms with Crippen molar-refractivity contribution in [1.82, 2.24) is 14.9 Å². The molecule has 1 aromatic heterocycles. The van der Waals surface area contributed by atoms with E-state index in [2.05, 4.69) is 72.9 Å². The summed E-state index contributed by atoms with van der Waals surface area (Å²) in [6.45, 7) is 11.1. The van der Waals surface area contributed by atoms with Crippen LogP contribution in [0, 0.1) is 5.41 Å². The van der Waals surface area contributed by atoms with Crippen LogP contribution in [0.4, 0.5) is 0 Å². The number of nitrogens with zero attached hydrogens (tertiary/aromatic N) is 2. The number of rotatable bonds is 6. The van der Waals surface area contributed by atoms with E-state index in [1.54, 1.807) is 0 Å². The first-order chi connectivity index (χ1) is 9.97. The molecule has 0 aliphatic rings. The molecule has 3 nitrogen and oxygen atoms in total. The Morgan fingerprint density at radius 3 is 2.48 bits per heavy atom. The van der Waals surface area contributed by atoms with Crippen molar-refractivity contribution in [2.24, 2.45) is 5.41 Å². The Bertz CT molecular complexity index is 511. The molecule has 114 valence electrons. The maximum atomic E-state index is 4.14. The molecule has 0 amide bonds. The maximum absolute atomic E-state index is 4.14. The molecule has 0 aliphatic carbocycles. The molecule has 3 heteroatoms. The van der Waals surface area contributed by atoms with Crippen molar-refractivity contribution in [3.8, 4) is 0 Å². The summed E-state index contributed by atoms with van der Waals surface area (Å²) in [5.41, 5.74) is 1.60. The molecule has 2 unspecified atom stereocenters. The van der Waals surface area contributed by atoms with Crippen LogP contribution < -0.4 is 5.32 Å². The minimum Gasteiger partial charge on any atom is -0.336 e. The Labute approximate surface area is 128 Å². The van der Waals surface area contributed by atoms with Gasteiger partial charge in [0.25, 0.3) is 0 Å². The zero-order valence-corrected chi connectivity index (χ0v) is 13.6. The minimum absolute atomic E-state index is 0.209. The van der Waals surface area contributed by atoms with Crippen molar-refractivity contribution in [3.63, 3.8) is 0 Å². The van der Waals surface area contributed by atoms with Gasteiger partial charge < -0.3 is 9.88 Å². The fourth-order valence-corrected chi connectivity index (χ4v) is 2.47. The molecule has 0 radical (unpaired) electrons. The van der Waals surface area contributed by atoms with Crippen molar-refractivity contribution < 1.29 is 0 Å². The Kier molecular flexibility index (Phi) is 5.18. The number of nitrogens with one attached hydrogen (secondary N) is 1. The van der Waals surface area contributed by atoms with E-state index in [-0.39, 0.29) is 5.41 Å². The van der Waals surface area contributed by atoms with Gasteiger partial charge in [0.05, 0.1) is 6.33 Å². The Morgan fingerprint density at radius 1 is 1.19 bits per heavy atom. The number of hydrogen-bond donors (Lipinski definition) is 1. The summed E-state index contributed by atoms with van der Waals surface area (Å²) in [7, 11) is 0. The van der Waals surface area contributed by atoms with Gasteiger partial charge in [0.2, 0.25) is 0 Å². The van der Waals surface area contributed by atoms with E-state index >= 15 is 0 Å². The highest BCUT2D eigenvalue weighted by Gasteiger charge is 2.25. The lowest BCUT2D eigenvalue weighted by Crippen LogP contribution is -2.44. The van der Waals surface area contributed by atoms with Crippen molar-refractivity contribution in [2.75, 3.05) is 6.54 Å². The zero-order chi connectivity index (χ0) is 15.3. The normalized spacial score (nSPS) is 14.9. The van der Waals surface area contributed by atoms with Crippen molar-refractivity contribution in [1.29, 1.82) is 0 Å². The Morgan fingerprint density at radius 2 is 1.90 bits per heavy atom. The van der Waals surface area contributed by atoms with E-state index in [4.69, 9.17) is 0 Å². The van der Waals surface area contributed by atoms with E-state index in [9.17, 15) is 0 Å². The summed E-state index contributed by atoms with van der Waals surface area (Å²) in [5, 5.41) is 3.75. The van der Waals surface area contributed by atoms with Gasteiger partial charge in [-0.25, -0.2) is 4.98 Å². The van der Waals surface area contributed by atoms with E-state index in [1.165, 1.54) is 5.56 Å². The van der Waals surface area contributed by atoms with Crippen LogP contribution in [0.15, 0.2) is 49.1 Å². The number of aromatic nitrogens is 2. The van der Waals surface area contributed by atoms with Crippen LogP contribution in [-0.2, 0) is 6.54 Å². The van der Waals surface area contributed by atoms with Gasteiger partial charge in [-0.05, 0) is 16.9 Å². The topological polar surface area (TPSA) is 29.9 Å². The van der Waals surface area contributed by atoms with Gasteiger partial charge in [-0.2, -0.15) is 0 Å². The van der Waals surface area contributed by atoms with Crippen molar-refractivity contribution in [3.05, 3.63) is 54.6 Å². The summed E-state index contributed by atoms with van der Waals surface area (Å²) >= 11 is 0. The molecular weight excluding hydrogens is 258 g/mol. The van der Waals surface area contributed by atoms with Crippen LogP contribution in [0.25, 0.3) is 0 Å². The standard InChI is InChI=1S/C18H27N3/c1-15(16-8-6-5-7-9-16)12-20-17(18(2,3)4)13-21-11-10-19-14-21/h5-11,14-15,17,20H,12-13H2,1-4H3. The second-order valence-electron chi connectivity index (χ2n) is 6.90. The summed E-state index contributed by atoms with van der Waals surface area (Å²) in [6.07, 6.45) is 5.76. The highest BCUT2D eigenvalue weighted by Crippen LogP contribution is 2.22. The van der Waals surface area contributed by atoms with E-state index in [1.807, 2.05) is 18.7 Å². The van der Waals surface area contributed by atoms with Gasteiger partial charge in [-0.1, -0.05) is 58.0 Å². The quantitative estimate of drug-likeness (QED) is 0.877. The zero-order valence-electron chi connectivity index (χ0n) is 13.6. The number of imidazole rings is 1. The van der Waals surface area contributed by atoms with E-state index in [0.29, 0.717) is 12.0 Å². The lowest BCUT2D eigenvalue weighted by atomic mass is 9.86. The van der Waals surface area contributed by atoms with Gasteiger partial charge in [-0.15, -0.1) is 0 Å². The molecular formula is C18H27N3. The molecule has 2 aromatic rings. The minimum atomic E-state index is 0.209. The average Bonchev–Trinajstić information content (AvgIpc) is 2.96. The molecule has 0 bridgehead atoms. The molecule has 0 spiro atoms. The predicted octanol–water partition coefficient (Wildman–Crippen LogP) is 3.69. The smallest absolute Gasteiger partial charge is 0.0946 e. The van der Waals surface area contributed by atoms with Crippen LogP contribution in [0.2, 0.25) is 0 Å². The molecule has 1 aromatic carbocycles. The molecule has 1 heterocycles. The van der Waals surface area contributed by atoms with Gasteiger partial charge in [0, 0.05) is 31.5 Å². The predicted molar refractivity (Wildman–Crippen MR) is 88.3 cm³/mol. The number of benzene rings is 1. The van der Waals surface area contributed by atoms with Crippen molar-refractivity contribution in [2.45, 2.75) is 46.2 Å². The third-order valence-corrected chi connectivity index (χ3v) is 4.04. The molecule has 2 atom stereocenters. The van der Waals surface area contributed by atoms with Crippen LogP contribution in [-0.4, -0.2) is 22.1 Å². The van der Waals surface area contributed by atoms with Gasteiger partial charge >= 0.3 is 0 Å². The first-order valence-corrected chi connectivity index (χ1v) is 7.71. The summed E-state index contributed by atoms with van der Waals surface area (Å²) in [6, 6.07) is 11.1. The first-order valence-electron chi connectivity index (χ1n) is 7.71. The van der Waals surface area contributed by atoms with Crippen LogP contribution in [0.1, 0.15) is 39.2 Å². The summed E-state index contributed by atoms with van der Waals surface area (Å²) in [5.74, 6) is 0.513. The van der Waals surface area contributed by atoms with Crippen LogP contribution in [0.3, 0.4) is 0 Å². The SMILES string of the molecule is CC(CNC(Cn1ccnc1)C(C)(C)C)c1ccccc1. The van der Waals surface area contributed by atoms with Crippen LogP contribution >= 0.6 is 0 Å². The second-order valence-corrected chi connectivity index (χ2v) is 6.90. The number of hydrogen-bond acceptors (Lipinski definition) is 2.